The van der Waals surface area contributed by atoms with Crippen molar-refractivity contribution in [1.29, 1.82) is 0 Å². The number of alkyl carbamates (subject to hydrolysis) is 1. The van der Waals surface area contributed by atoms with E-state index in [1.807, 2.05) is 60.7 Å². The maximum absolute atomic E-state index is 11.7. The summed E-state index contributed by atoms with van der Waals surface area (Å²) in [5.74, 6) is 6.00. The molecule has 0 unspecified atom stereocenters. The van der Waals surface area contributed by atoms with Gasteiger partial charge in [0.15, 0.2) is 0 Å². The molecular weight excluding hydrogens is 314 g/mol. The molecule has 1 amide bonds. The minimum atomic E-state index is -0.486. The molecule has 0 saturated heterocycles. The number of nitrogens with one attached hydrogen (secondary N) is 2. The van der Waals surface area contributed by atoms with E-state index in [1.54, 1.807) is 6.20 Å². The number of hydrogen-bond donors (Lipinski definition) is 2. The quantitative estimate of drug-likeness (QED) is 0.721. The summed E-state index contributed by atoms with van der Waals surface area (Å²) in [7, 11) is 0. The predicted molar refractivity (Wildman–Crippen MR) is 95.5 cm³/mol. The third-order valence-corrected chi connectivity index (χ3v) is 3.47. The first-order valence-corrected chi connectivity index (χ1v) is 7.85. The lowest BCUT2D eigenvalue weighted by molar-refractivity contribution is 0.141. The van der Waals surface area contributed by atoms with E-state index in [-0.39, 0.29) is 13.2 Å². The normalized spacial score (nSPS) is 9.76. The van der Waals surface area contributed by atoms with Crippen LogP contribution >= 0.6 is 0 Å². The summed E-state index contributed by atoms with van der Waals surface area (Å²) in [6.45, 7) is 0.452. The largest absolute Gasteiger partial charge is 0.445 e. The summed E-state index contributed by atoms with van der Waals surface area (Å²) in [4.78, 5) is 11.7. The monoisotopic (exact) mass is 331 g/mol. The Morgan fingerprint density at radius 3 is 2.68 bits per heavy atom. The number of H-pyrrole nitrogens is 1. The number of rotatable bonds is 4. The van der Waals surface area contributed by atoms with E-state index in [4.69, 9.17) is 4.74 Å². The molecule has 0 spiro atoms. The van der Waals surface area contributed by atoms with E-state index in [1.165, 1.54) is 0 Å². The number of aromatic amines is 1. The van der Waals surface area contributed by atoms with Crippen molar-refractivity contribution in [3.8, 4) is 23.1 Å². The lowest BCUT2D eigenvalue weighted by Gasteiger charge is -2.04. The fourth-order valence-electron chi connectivity index (χ4n) is 2.26. The van der Waals surface area contributed by atoms with Crippen molar-refractivity contribution in [2.45, 2.75) is 6.61 Å². The number of hydrogen-bond acceptors (Lipinski definition) is 3. The SMILES string of the molecule is O=C(NCC#Cc1ccccc1-c1ccn[nH]1)OCc1ccccc1. The van der Waals surface area contributed by atoms with Crippen molar-refractivity contribution in [3.63, 3.8) is 0 Å². The average Bonchev–Trinajstić information content (AvgIpc) is 3.19. The van der Waals surface area contributed by atoms with Crippen molar-refractivity contribution in [3.05, 3.63) is 78.0 Å². The van der Waals surface area contributed by atoms with Crippen LogP contribution in [0.25, 0.3) is 11.3 Å². The number of carbonyl (C=O) groups is 1. The molecule has 1 aromatic heterocycles. The lowest BCUT2D eigenvalue weighted by Crippen LogP contribution is -2.24. The van der Waals surface area contributed by atoms with Crippen LogP contribution in [0.2, 0.25) is 0 Å². The van der Waals surface area contributed by atoms with Crippen LogP contribution < -0.4 is 5.32 Å². The average molecular weight is 331 g/mol. The molecule has 124 valence electrons. The highest BCUT2D eigenvalue weighted by molar-refractivity contribution is 5.69. The molecule has 3 rings (SSSR count). The van der Waals surface area contributed by atoms with E-state index >= 15 is 0 Å². The zero-order valence-electron chi connectivity index (χ0n) is 13.5. The highest BCUT2D eigenvalue weighted by Crippen LogP contribution is 2.20. The van der Waals surface area contributed by atoms with Crippen LogP contribution in [-0.4, -0.2) is 22.8 Å². The van der Waals surface area contributed by atoms with Gasteiger partial charge in [-0.1, -0.05) is 60.4 Å². The Morgan fingerprint density at radius 1 is 1.08 bits per heavy atom. The third-order valence-electron chi connectivity index (χ3n) is 3.47. The molecule has 2 N–H and O–H groups in total. The van der Waals surface area contributed by atoms with Gasteiger partial charge in [0.2, 0.25) is 0 Å². The fraction of sp³-hybridized carbons (Fsp3) is 0.100. The number of benzene rings is 2. The second-order valence-corrected chi connectivity index (χ2v) is 5.23. The molecule has 0 aliphatic rings. The number of ether oxygens (including phenoxy) is 1. The maximum Gasteiger partial charge on any atom is 0.408 e. The van der Waals surface area contributed by atoms with Crippen molar-refractivity contribution in [2.24, 2.45) is 0 Å². The summed E-state index contributed by atoms with van der Waals surface area (Å²) >= 11 is 0. The molecular formula is C20H17N3O2. The number of aromatic nitrogens is 2. The summed E-state index contributed by atoms with van der Waals surface area (Å²) in [6.07, 6.45) is 1.21. The van der Waals surface area contributed by atoms with Crippen LogP contribution in [0, 0.1) is 11.8 Å². The first-order chi connectivity index (χ1) is 12.3. The molecule has 0 aliphatic carbocycles. The first-order valence-electron chi connectivity index (χ1n) is 7.85. The van der Waals surface area contributed by atoms with Crippen LogP contribution in [0.1, 0.15) is 11.1 Å². The van der Waals surface area contributed by atoms with Gasteiger partial charge < -0.3 is 10.1 Å². The summed E-state index contributed by atoms with van der Waals surface area (Å²) in [5, 5.41) is 9.51. The Hall–Kier alpha value is -3.52. The minimum Gasteiger partial charge on any atom is -0.445 e. The van der Waals surface area contributed by atoms with E-state index in [2.05, 4.69) is 27.4 Å². The fourth-order valence-corrected chi connectivity index (χ4v) is 2.26. The van der Waals surface area contributed by atoms with Crippen LogP contribution in [0.15, 0.2) is 66.9 Å². The Balaban J connectivity index is 1.53. The lowest BCUT2D eigenvalue weighted by atomic mass is 10.1. The zero-order chi connectivity index (χ0) is 17.3. The van der Waals surface area contributed by atoms with E-state index in [0.717, 1.165) is 22.4 Å². The number of carbonyl (C=O) groups excluding carboxylic acids is 1. The van der Waals surface area contributed by atoms with Gasteiger partial charge in [-0.2, -0.15) is 5.10 Å². The Kier molecular flexibility index (Phi) is 5.47. The van der Waals surface area contributed by atoms with E-state index in [9.17, 15) is 4.79 Å². The number of amides is 1. The van der Waals surface area contributed by atoms with Crippen LogP contribution in [0.3, 0.4) is 0 Å². The summed E-state index contributed by atoms with van der Waals surface area (Å²) < 4.78 is 5.13. The Labute approximate surface area is 146 Å². The van der Waals surface area contributed by atoms with Gasteiger partial charge in [-0.3, -0.25) is 5.10 Å². The van der Waals surface area contributed by atoms with Gasteiger partial charge in [0.05, 0.1) is 12.2 Å². The van der Waals surface area contributed by atoms with Crippen LogP contribution in [0.5, 0.6) is 0 Å². The smallest absolute Gasteiger partial charge is 0.408 e. The van der Waals surface area contributed by atoms with Crippen LogP contribution in [0.4, 0.5) is 4.79 Å². The Bertz CT molecular complexity index is 878. The molecule has 0 aliphatic heterocycles. The maximum atomic E-state index is 11.7. The van der Waals surface area contributed by atoms with Gasteiger partial charge in [0, 0.05) is 17.3 Å². The molecule has 3 aromatic rings. The van der Waals surface area contributed by atoms with Gasteiger partial charge in [-0.25, -0.2) is 4.79 Å². The standard InChI is InChI=1S/C20H17N3O2/c24-20(25-15-16-7-2-1-3-8-16)21-13-6-10-17-9-4-5-11-18(17)19-12-14-22-23-19/h1-5,7-9,11-12,14H,13,15H2,(H,21,24)(H,22,23). The first kappa shape index (κ1) is 16.3. The van der Waals surface area contributed by atoms with Crippen molar-refractivity contribution >= 4 is 6.09 Å². The van der Waals surface area contributed by atoms with Gasteiger partial charge in [0.1, 0.15) is 6.61 Å². The van der Waals surface area contributed by atoms with E-state index < -0.39 is 6.09 Å². The highest BCUT2D eigenvalue weighted by atomic mass is 16.5. The van der Waals surface area contributed by atoms with Crippen LogP contribution in [-0.2, 0) is 11.3 Å². The molecule has 0 radical (unpaired) electrons. The van der Waals surface area contributed by atoms with Gasteiger partial charge >= 0.3 is 6.09 Å². The predicted octanol–water partition coefficient (Wildman–Crippen LogP) is 3.35. The summed E-state index contributed by atoms with van der Waals surface area (Å²) in [6, 6.07) is 19.2. The second kappa shape index (κ2) is 8.37. The molecule has 5 nitrogen and oxygen atoms in total. The van der Waals surface area contributed by atoms with Crippen molar-refractivity contribution < 1.29 is 9.53 Å². The third kappa shape index (κ3) is 4.72. The second-order valence-electron chi connectivity index (χ2n) is 5.23. The van der Waals surface area contributed by atoms with Gasteiger partial charge in [-0.15, -0.1) is 0 Å². The Morgan fingerprint density at radius 2 is 1.88 bits per heavy atom. The molecule has 0 atom stereocenters. The molecule has 5 heteroatoms. The topological polar surface area (TPSA) is 67.0 Å². The highest BCUT2D eigenvalue weighted by Gasteiger charge is 2.03. The minimum absolute atomic E-state index is 0.213. The molecule has 2 aromatic carbocycles. The van der Waals surface area contributed by atoms with Gasteiger partial charge in [0.25, 0.3) is 0 Å². The molecule has 0 saturated carbocycles. The van der Waals surface area contributed by atoms with Crippen molar-refractivity contribution in [2.75, 3.05) is 6.54 Å². The molecule has 25 heavy (non-hydrogen) atoms. The molecule has 0 fully saturated rings. The van der Waals surface area contributed by atoms with E-state index in [0.29, 0.717) is 0 Å². The zero-order valence-corrected chi connectivity index (χ0v) is 13.5. The van der Waals surface area contributed by atoms with Crippen molar-refractivity contribution in [1.82, 2.24) is 15.5 Å². The summed E-state index contributed by atoms with van der Waals surface area (Å²) in [5.41, 5.74) is 3.68. The molecule has 1 heterocycles. The molecule has 0 bridgehead atoms. The van der Waals surface area contributed by atoms with Gasteiger partial charge in [-0.05, 0) is 17.7 Å². The number of nitrogens with zero attached hydrogens (tertiary/aromatic N) is 1.